The molecule has 1 fully saturated rings. The van der Waals surface area contributed by atoms with Crippen molar-refractivity contribution in [1.82, 2.24) is 0 Å². The van der Waals surface area contributed by atoms with E-state index < -0.39 is 0 Å². The van der Waals surface area contributed by atoms with Gasteiger partial charge in [0.1, 0.15) is 18.1 Å². The number of benzene rings is 1. The van der Waals surface area contributed by atoms with Crippen LogP contribution in [0.4, 0.5) is 0 Å². The van der Waals surface area contributed by atoms with Gasteiger partial charge in [0, 0.05) is 19.3 Å². The van der Waals surface area contributed by atoms with Crippen molar-refractivity contribution in [2.45, 2.75) is 31.8 Å². The second-order valence-corrected chi connectivity index (χ2v) is 4.28. The zero-order valence-electron chi connectivity index (χ0n) is 9.93. The molecule has 17 heavy (non-hydrogen) atoms. The molecule has 1 aliphatic rings. The highest BCUT2D eigenvalue weighted by atomic mass is 16.5. The lowest BCUT2D eigenvalue weighted by molar-refractivity contribution is -0.107. The van der Waals surface area contributed by atoms with Crippen molar-refractivity contribution in [3.63, 3.8) is 0 Å². The van der Waals surface area contributed by atoms with Gasteiger partial charge in [0.2, 0.25) is 0 Å². The third kappa shape index (κ3) is 3.86. The first-order valence-corrected chi connectivity index (χ1v) is 6.15. The molecule has 1 aromatic carbocycles. The molecule has 2 rings (SSSR count). The highest BCUT2D eigenvalue weighted by Gasteiger charge is 2.15. The van der Waals surface area contributed by atoms with Gasteiger partial charge >= 0.3 is 0 Å². The van der Waals surface area contributed by atoms with Crippen LogP contribution >= 0.6 is 0 Å². The molecule has 1 aromatic rings. The first kappa shape index (κ1) is 12.1. The van der Waals surface area contributed by atoms with E-state index in [9.17, 15) is 4.79 Å². The third-order valence-electron chi connectivity index (χ3n) is 2.92. The largest absolute Gasteiger partial charge is 0.490 e. The van der Waals surface area contributed by atoms with Gasteiger partial charge in [0.05, 0.1) is 13.2 Å². The molecule has 0 radical (unpaired) electrons. The number of hydrogen-bond acceptors (Lipinski definition) is 3. The molecule has 0 N–H and O–H groups in total. The molecule has 0 aromatic heterocycles. The molecule has 0 spiro atoms. The summed E-state index contributed by atoms with van der Waals surface area (Å²) in [6, 6.07) is 8.01. The predicted octanol–water partition coefficient (Wildman–Crippen LogP) is 2.38. The Bertz CT molecular complexity index is 356. The van der Waals surface area contributed by atoms with Gasteiger partial charge in [-0.15, -0.1) is 0 Å². The maximum absolute atomic E-state index is 10.3. The van der Waals surface area contributed by atoms with Crippen molar-refractivity contribution in [2.75, 3.05) is 13.2 Å². The van der Waals surface area contributed by atoms with E-state index in [1.807, 2.05) is 24.3 Å². The molecule has 0 amide bonds. The van der Waals surface area contributed by atoms with E-state index in [0.717, 1.165) is 50.1 Å². The maximum atomic E-state index is 10.3. The Hall–Kier alpha value is -1.35. The highest BCUT2D eigenvalue weighted by Crippen LogP contribution is 2.19. The summed E-state index contributed by atoms with van der Waals surface area (Å²) in [6.45, 7) is 1.57. The van der Waals surface area contributed by atoms with Crippen molar-refractivity contribution < 1.29 is 14.3 Å². The summed E-state index contributed by atoms with van der Waals surface area (Å²) >= 11 is 0. The number of carbonyl (C=O) groups is 1. The highest BCUT2D eigenvalue weighted by molar-refractivity contribution is 5.50. The smallest absolute Gasteiger partial charge is 0.120 e. The number of aryl methyl sites for hydroxylation is 1. The Morgan fingerprint density at radius 2 is 2.18 bits per heavy atom. The molecule has 3 nitrogen and oxygen atoms in total. The van der Waals surface area contributed by atoms with E-state index in [2.05, 4.69) is 0 Å². The Labute approximate surface area is 102 Å². The van der Waals surface area contributed by atoms with Crippen molar-refractivity contribution in [3.05, 3.63) is 29.8 Å². The van der Waals surface area contributed by atoms with Crippen molar-refractivity contribution >= 4 is 6.29 Å². The van der Waals surface area contributed by atoms with Crippen LogP contribution in [0, 0.1) is 0 Å². The van der Waals surface area contributed by atoms with Crippen molar-refractivity contribution in [1.29, 1.82) is 0 Å². The topological polar surface area (TPSA) is 35.5 Å². The molecule has 0 saturated carbocycles. The maximum Gasteiger partial charge on any atom is 0.120 e. The first-order chi connectivity index (χ1) is 8.38. The van der Waals surface area contributed by atoms with Crippen LogP contribution in [0.3, 0.4) is 0 Å². The molecule has 1 aliphatic heterocycles. The lowest BCUT2D eigenvalue weighted by Gasteiger charge is -2.23. The van der Waals surface area contributed by atoms with Gasteiger partial charge in [-0.05, 0) is 24.1 Å². The number of aldehydes is 1. The average Bonchev–Trinajstić information content (AvgIpc) is 2.38. The fourth-order valence-electron chi connectivity index (χ4n) is 1.99. The summed E-state index contributed by atoms with van der Waals surface area (Å²) in [5, 5.41) is 0. The number of hydrogen-bond donors (Lipinski definition) is 0. The lowest BCUT2D eigenvalue weighted by Crippen LogP contribution is -2.25. The van der Waals surface area contributed by atoms with Crippen LogP contribution in [0.5, 0.6) is 5.75 Å². The predicted molar refractivity (Wildman–Crippen MR) is 65.3 cm³/mol. The summed E-state index contributed by atoms with van der Waals surface area (Å²) in [4.78, 5) is 10.3. The molecule has 3 heteroatoms. The molecule has 92 valence electrons. The summed E-state index contributed by atoms with van der Waals surface area (Å²) in [6.07, 6.45) is 4.49. The first-order valence-electron chi connectivity index (χ1n) is 6.15. The standard InChI is InChI=1S/C14H18O3/c15-8-2-4-12-3-1-5-14(11-12)17-13-6-9-16-10-7-13/h1,3,5,8,11,13H,2,4,6-7,9-10H2. The van der Waals surface area contributed by atoms with Crippen LogP contribution in [0.25, 0.3) is 0 Å². The fourth-order valence-corrected chi connectivity index (χ4v) is 1.99. The lowest BCUT2D eigenvalue weighted by atomic mass is 10.1. The monoisotopic (exact) mass is 234 g/mol. The second-order valence-electron chi connectivity index (χ2n) is 4.28. The minimum absolute atomic E-state index is 0.269. The van der Waals surface area contributed by atoms with Gasteiger partial charge in [-0.1, -0.05) is 12.1 Å². The molecule has 0 aliphatic carbocycles. The minimum Gasteiger partial charge on any atom is -0.490 e. The van der Waals surface area contributed by atoms with Crippen LogP contribution in [0.15, 0.2) is 24.3 Å². The zero-order valence-corrected chi connectivity index (χ0v) is 9.93. The zero-order chi connectivity index (χ0) is 11.9. The Morgan fingerprint density at radius 1 is 1.35 bits per heavy atom. The van der Waals surface area contributed by atoms with Crippen LogP contribution in [0.1, 0.15) is 24.8 Å². The Kier molecular flexibility index (Phi) is 4.56. The van der Waals surface area contributed by atoms with E-state index in [1.54, 1.807) is 0 Å². The molecule has 0 atom stereocenters. The molecule has 0 unspecified atom stereocenters. The number of rotatable bonds is 5. The molecular formula is C14H18O3. The van der Waals surface area contributed by atoms with Crippen molar-refractivity contribution in [2.24, 2.45) is 0 Å². The second kappa shape index (κ2) is 6.40. The Morgan fingerprint density at radius 3 is 2.94 bits per heavy atom. The van der Waals surface area contributed by atoms with Crippen LogP contribution in [-0.2, 0) is 16.0 Å². The number of carbonyl (C=O) groups excluding carboxylic acids is 1. The van der Waals surface area contributed by atoms with Gasteiger partial charge < -0.3 is 14.3 Å². The summed E-state index contributed by atoms with van der Waals surface area (Å²) < 4.78 is 11.2. The van der Waals surface area contributed by atoms with E-state index in [1.165, 1.54) is 0 Å². The van der Waals surface area contributed by atoms with E-state index in [0.29, 0.717) is 6.42 Å². The van der Waals surface area contributed by atoms with Gasteiger partial charge in [0.25, 0.3) is 0 Å². The van der Waals surface area contributed by atoms with Gasteiger partial charge in [-0.2, -0.15) is 0 Å². The summed E-state index contributed by atoms with van der Waals surface area (Å²) in [7, 11) is 0. The third-order valence-corrected chi connectivity index (χ3v) is 2.92. The average molecular weight is 234 g/mol. The van der Waals surface area contributed by atoms with Crippen LogP contribution in [0.2, 0.25) is 0 Å². The summed E-state index contributed by atoms with van der Waals surface area (Å²) in [5.41, 5.74) is 1.15. The quantitative estimate of drug-likeness (QED) is 0.734. The van der Waals surface area contributed by atoms with Gasteiger partial charge in [0.15, 0.2) is 0 Å². The van der Waals surface area contributed by atoms with Crippen molar-refractivity contribution in [3.8, 4) is 5.75 Å². The van der Waals surface area contributed by atoms with E-state index >= 15 is 0 Å². The van der Waals surface area contributed by atoms with Gasteiger partial charge in [-0.25, -0.2) is 0 Å². The molecular weight excluding hydrogens is 216 g/mol. The molecule has 1 saturated heterocycles. The van der Waals surface area contributed by atoms with E-state index in [4.69, 9.17) is 9.47 Å². The SMILES string of the molecule is O=CCCc1cccc(OC2CCOCC2)c1. The minimum atomic E-state index is 0.269. The normalized spacial score (nSPS) is 16.7. The molecule has 1 heterocycles. The Balaban J connectivity index is 1.92. The van der Waals surface area contributed by atoms with Crippen LogP contribution < -0.4 is 4.74 Å². The summed E-state index contributed by atoms with van der Waals surface area (Å²) in [5.74, 6) is 0.903. The number of ether oxygens (including phenoxy) is 2. The fraction of sp³-hybridized carbons (Fsp3) is 0.500. The van der Waals surface area contributed by atoms with Gasteiger partial charge in [-0.3, -0.25) is 0 Å². The molecule has 0 bridgehead atoms. The van der Waals surface area contributed by atoms with Crippen LogP contribution in [-0.4, -0.2) is 25.6 Å². The van der Waals surface area contributed by atoms with E-state index in [-0.39, 0.29) is 6.10 Å².